The second-order valence-electron chi connectivity index (χ2n) is 3.41. The fourth-order valence-corrected chi connectivity index (χ4v) is 2.97. The minimum absolute atomic E-state index is 0.0769. The number of halogens is 2. The first kappa shape index (κ1) is 12.8. The van der Waals surface area contributed by atoms with Crippen molar-refractivity contribution in [1.82, 2.24) is 0 Å². The summed E-state index contributed by atoms with van der Waals surface area (Å²) >= 11 is 13.6. The number of hydrogen-bond acceptors (Lipinski definition) is 2. The quantitative estimate of drug-likeness (QED) is 0.886. The lowest BCUT2D eigenvalue weighted by Crippen LogP contribution is -1.89. The second-order valence-corrected chi connectivity index (χ2v) is 5.31. The van der Waals surface area contributed by atoms with E-state index in [1.54, 1.807) is 6.07 Å². The molecule has 0 fully saturated rings. The van der Waals surface area contributed by atoms with Gasteiger partial charge in [0.25, 0.3) is 0 Å². The van der Waals surface area contributed by atoms with E-state index in [0.29, 0.717) is 10.0 Å². The molecule has 0 aliphatic carbocycles. The van der Waals surface area contributed by atoms with Crippen molar-refractivity contribution in [2.45, 2.75) is 16.4 Å². The maximum atomic E-state index is 9.32. The molecule has 0 spiro atoms. The summed E-state index contributed by atoms with van der Waals surface area (Å²) in [6.45, 7) is -0.0769. The molecule has 2 aromatic rings. The highest BCUT2D eigenvalue weighted by molar-refractivity contribution is 7.99. The standard InChI is InChI=1S/C13H10Cl2OS/c14-10-5-3-7-12(9(10)8-16)17-13-6-2-1-4-11(13)15/h1-7,16H,8H2. The van der Waals surface area contributed by atoms with E-state index in [1.165, 1.54) is 11.8 Å². The SMILES string of the molecule is OCc1c(Cl)cccc1Sc1ccccc1Cl. The summed E-state index contributed by atoms with van der Waals surface area (Å²) in [5.41, 5.74) is 0.735. The molecule has 0 aromatic heterocycles. The van der Waals surface area contributed by atoms with Crippen molar-refractivity contribution >= 4 is 35.0 Å². The van der Waals surface area contributed by atoms with Gasteiger partial charge in [-0.2, -0.15) is 0 Å². The number of benzene rings is 2. The van der Waals surface area contributed by atoms with Gasteiger partial charge in [0, 0.05) is 20.4 Å². The molecule has 1 N–H and O–H groups in total. The van der Waals surface area contributed by atoms with Gasteiger partial charge in [0.1, 0.15) is 0 Å². The monoisotopic (exact) mass is 284 g/mol. The van der Waals surface area contributed by atoms with Gasteiger partial charge < -0.3 is 5.11 Å². The van der Waals surface area contributed by atoms with Crippen LogP contribution in [0.25, 0.3) is 0 Å². The fraction of sp³-hybridized carbons (Fsp3) is 0.0769. The second kappa shape index (κ2) is 5.78. The smallest absolute Gasteiger partial charge is 0.0707 e. The molecular formula is C13H10Cl2OS. The third kappa shape index (κ3) is 2.96. The molecule has 1 nitrogen and oxygen atoms in total. The van der Waals surface area contributed by atoms with Crippen LogP contribution in [0.5, 0.6) is 0 Å². The minimum atomic E-state index is -0.0769. The van der Waals surface area contributed by atoms with E-state index in [-0.39, 0.29) is 6.61 Å². The van der Waals surface area contributed by atoms with Crippen molar-refractivity contribution in [3.05, 3.63) is 58.1 Å². The third-order valence-electron chi connectivity index (χ3n) is 2.29. The Hall–Kier alpha value is -0.670. The van der Waals surface area contributed by atoms with Gasteiger partial charge in [-0.25, -0.2) is 0 Å². The number of hydrogen-bond donors (Lipinski definition) is 1. The number of aliphatic hydroxyl groups excluding tert-OH is 1. The van der Waals surface area contributed by atoms with Gasteiger partial charge in [-0.05, 0) is 24.3 Å². The Labute approximate surface area is 114 Å². The van der Waals surface area contributed by atoms with Crippen LogP contribution in [0.2, 0.25) is 10.0 Å². The van der Waals surface area contributed by atoms with E-state index in [0.717, 1.165) is 15.4 Å². The Bertz CT molecular complexity index is 529. The number of rotatable bonds is 3. The van der Waals surface area contributed by atoms with E-state index in [1.807, 2.05) is 36.4 Å². The Morgan fingerprint density at radius 1 is 0.882 bits per heavy atom. The van der Waals surface area contributed by atoms with Crippen LogP contribution in [0.4, 0.5) is 0 Å². The van der Waals surface area contributed by atoms with Crippen molar-refractivity contribution in [3.8, 4) is 0 Å². The minimum Gasteiger partial charge on any atom is -0.392 e. The molecule has 88 valence electrons. The molecule has 0 atom stereocenters. The topological polar surface area (TPSA) is 20.2 Å². The Kier molecular flexibility index (Phi) is 4.35. The van der Waals surface area contributed by atoms with Crippen molar-refractivity contribution < 1.29 is 5.11 Å². The van der Waals surface area contributed by atoms with Crippen LogP contribution in [-0.4, -0.2) is 5.11 Å². The van der Waals surface area contributed by atoms with E-state index in [4.69, 9.17) is 23.2 Å². The molecule has 0 aliphatic heterocycles. The fourth-order valence-electron chi connectivity index (χ4n) is 1.43. The van der Waals surface area contributed by atoms with Crippen LogP contribution < -0.4 is 0 Å². The predicted octanol–water partition coefficient (Wildman–Crippen LogP) is 4.64. The van der Waals surface area contributed by atoms with E-state index in [9.17, 15) is 5.11 Å². The average Bonchev–Trinajstić information content (AvgIpc) is 2.32. The van der Waals surface area contributed by atoms with Gasteiger partial charge in [-0.15, -0.1) is 0 Å². The average molecular weight is 285 g/mol. The lowest BCUT2D eigenvalue weighted by atomic mass is 10.2. The van der Waals surface area contributed by atoms with Crippen molar-refractivity contribution in [1.29, 1.82) is 0 Å². The summed E-state index contributed by atoms with van der Waals surface area (Å²) in [5, 5.41) is 10.6. The van der Waals surface area contributed by atoms with Gasteiger partial charge >= 0.3 is 0 Å². The number of aliphatic hydroxyl groups is 1. The predicted molar refractivity (Wildman–Crippen MR) is 72.9 cm³/mol. The van der Waals surface area contributed by atoms with Crippen LogP contribution in [0.3, 0.4) is 0 Å². The highest BCUT2D eigenvalue weighted by atomic mass is 35.5. The van der Waals surface area contributed by atoms with Crippen LogP contribution in [-0.2, 0) is 6.61 Å². The Morgan fingerprint density at radius 2 is 1.53 bits per heavy atom. The van der Waals surface area contributed by atoms with Gasteiger partial charge in [0.15, 0.2) is 0 Å². The lowest BCUT2D eigenvalue weighted by Gasteiger charge is -2.09. The summed E-state index contributed by atoms with van der Waals surface area (Å²) in [7, 11) is 0. The Balaban J connectivity index is 2.37. The molecule has 0 saturated heterocycles. The highest BCUT2D eigenvalue weighted by Gasteiger charge is 2.09. The lowest BCUT2D eigenvalue weighted by molar-refractivity contribution is 0.279. The van der Waals surface area contributed by atoms with Crippen LogP contribution in [0, 0.1) is 0 Å². The van der Waals surface area contributed by atoms with Gasteiger partial charge in [0.05, 0.1) is 11.6 Å². The van der Waals surface area contributed by atoms with Crippen molar-refractivity contribution in [3.63, 3.8) is 0 Å². The van der Waals surface area contributed by atoms with Gasteiger partial charge in [-0.1, -0.05) is 53.2 Å². The molecule has 2 rings (SSSR count). The van der Waals surface area contributed by atoms with E-state index in [2.05, 4.69) is 0 Å². The first-order valence-electron chi connectivity index (χ1n) is 5.03. The largest absolute Gasteiger partial charge is 0.392 e. The molecule has 0 heterocycles. The highest BCUT2D eigenvalue weighted by Crippen LogP contribution is 2.36. The summed E-state index contributed by atoms with van der Waals surface area (Å²) in [6, 6.07) is 13.1. The summed E-state index contributed by atoms with van der Waals surface area (Å²) < 4.78 is 0. The molecule has 0 amide bonds. The first-order valence-corrected chi connectivity index (χ1v) is 6.60. The van der Waals surface area contributed by atoms with Crippen LogP contribution in [0.15, 0.2) is 52.3 Å². The molecule has 0 saturated carbocycles. The summed E-state index contributed by atoms with van der Waals surface area (Å²) in [6.07, 6.45) is 0. The third-order valence-corrected chi connectivity index (χ3v) is 4.26. The Morgan fingerprint density at radius 3 is 2.24 bits per heavy atom. The zero-order chi connectivity index (χ0) is 12.3. The maximum Gasteiger partial charge on any atom is 0.0707 e. The zero-order valence-corrected chi connectivity index (χ0v) is 11.2. The van der Waals surface area contributed by atoms with E-state index >= 15 is 0 Å². The molecule has 2 aromatic carbocycles. The molecule has 0 aliphatic rings. The maximum absolute atomic E-state index is 9.32. The molecule has 4 heteroatoms. The van der Waals surface area contributed by atoms with Crippen LogP contribution >= 0.6 is 35.0 Å². The summed E-state index contributed by atoms with van der Waals surface area (Å²) in [4.78, 5) is 1.87. The molecule has 17 heavy (non-hydrogen) atoms. The van der Waals surface area contributed by atoms with Gasteiger partial charge in [0.2, 0.25) is 0 Å². The molecule has 0 radical (unpaired) electrons. The zero-order valence-electron chi connectivity index (χ0n) is 8.86. The van der Waals surface area contributed by atoms with Crippen LogP contribution in [0.1, 0.15) is 5.56 Å². The van der Waals surface area contributed by atoms with Gasteiger partial charge in [-0.3, -0.25) is 0 Å². The first-order chi connectivity index (χ1) is 8.22. The summed E-state index contributed by atoms with van der Waals surface area (Å²) in [5.74, 6) is 0. The van der Waals surface area contributed by atoms with Crippen molar-refractivity contribution in [2.75, 3.05) is 0 Å². The van der Waals surface area contributed by atoms with Crippen molar-refractivity contribution in [2.24, 2.45) is 0 Å². The normalized spacial score (nSPS) is 10.5. The molecule has 0 unspecified atom stereocenters. The molecular weight excluding hydrogens is 275 g/mol. The van der Waals surface area contributed by atoms with E-state index < -0.39 is 0 Å². The molecule has 0 bridgehead atoms.